The molecule has 258 valence electrons. The molecule has 3 aromatic rings. The van der Waals surface area contributed by atoms with Crippen LogP contribution < -0.4 is 15.1 Å². The largest absolute Gasteiger partial charge is 0.391 e. The Morgan fingerprint density at radius 2 is 1.64 bits per heavy atom. The van der Waals surface area contributed by atoms with Crippen LogP contribution in [0.5, 0.6) is 0 Å². The number of hydrogen-bond donors (Lipinski definition) is 3. The molecule has 0 aliphatic carbocycles. The summed E-state index contributed by atoms with van der Waals surface area (Å²) in [6.45, 7) is 8.60. The Labute approximate surface area is 297 Å². The third-order valence-corrected chi connectivity index (χ3v) is 10.6. The van der Waals surface area contributed by atoms with Crippen LogP contribution in [0.2, 0.25) is 0 Å². The number of hydrogen-bond acceptors (Lipinski definition) is 7. The lowest BCUT2D eigenvalue weighted by atomic mass is 9.91. The van der Waals surface area contributed by atoms with Gasteiger partial charge in [-0.25, -0.2) is 0 Å². The van der Waals surface area contributed by atoms with E-state index in [-0.39, 0.29) is 5.92 Å². The summed E-state index contributed by atoms with van der Waals surface area (Å²) in [5.41, 5.74) is 8.10. The Morgan fingerprint density at radius 1 is 0.960 bits per heavy atom. The molecule has 6 rings (SSSR count). The number of nitrogens with one attached hydrogen (secondary N) is 3. The maximum atomic E-state index is 11.0. The number of piperidine rings is 1. The van der Waals surface area contributed by atoms with Crippen molar-refractivity contribution in [3.63, 3.8) is 0 Å². The molecule has 1 saturated heterocycles. The lowest BCUT2D eigenvalue weighted by molar-refractivity contribution is -0.107. The highest BCUT2D eigenvalue weighted by molar-refractivity contribution is 6.18. The van der Waals surface area contributed by atoms with Crippen LogP contribution in [0.3, 0.4) is 0 Å². The molecule has 1 fully saturated rings. The van der Waals surface area contributed by atoms with Crippen LogP contribution in [0.25, 0.3) is 0 Å². The monoisotopic (exact) mass is 666 g/mol. The standard InChI is InChI=1S/C43H50N6O/c1-31(33-13-19-37(20-14-33)49-27-23-41(44)43(49)30-42(45)35-9-5-4-6-10-35)29-39-11-7-24-48(39)38-21-25-47(26-22-38)36-17-15-34(16-18-36)40(12-8-28-50)32(2)46-3/h4-7,9-10,13-20,23-24,27-28,30-31,38-40,44-46H,2,8,11-12,21-22,25-26,29H2,1,3H3/b43-30+,44-41?,45-42?. The number of likely N-dealkylation sites (N-methyl/N-ethyl adjacent to an activating group) is 1. The van der Waals surface area contributed by atoms with Crippen LogP contribution in [0.4, 0.5) is 11.4 Å². The Hall–Kier alpha value is -5.17. The van der Waals surface area contributed by atoms with E-state index in [2.05, 4.69) is 89.4 Å². The Balaban J connectivity index is 1.03. The second kappa shape index (κ2) is 16.0. The SMILES string of the molecule is C=C(NC)C(CCC=O)c1ccc(N2CCC(N3C=CCC3CC(C)c3ccc(N4C=CC(=N)/C4=C\C(=N)c4ccccc4)cc3)CC2)cc1. The van der Waals surface area contributed by atoms with Crippen molar-refractivity contribution in [2.45, 2.75) is 69.4 Å². The molecule has 3 aliphatic heterocycles. The van der Waals surface area contributed by atoms with Gasteiger partial charge in [-0.3, -0.25) is 5.41 Å². The minimum absolute atomic E-state index is 0.138. The summed E-state index contributed by atoms with van der Waals surface area (Å²) in [7, 11) is 1.89. The number of benzene rings is 3. The first kappa shape index (κ1) is 34.7. The summed E-state index contributed by atoms with van der Waals surface area (Å²) in [6.07, 6.45) is 17.0. The first-order valence-corrected chi connectivity index (χ1v) is 18.0. The molecule has 3 aromatic carbocycles. The highest BCUT2D eigenvalue weighted by Gasteiger charge is 2.31. The van der Waals surface area contributed by atoms with Crippen LogP contribution >= 0.6 is 0 Å². The highest BCUT2D eigenvalue weighted by Crippen LogP contribution is 2.35. The minimum Gasteiger partial charge on any atom is -0.391 e. The van der Waals surface area contributed by atoms with Crippen LogP contribution in [0, 0.1) is 10.8 Å². The molecule has 0 amide bonds. The molecule has 0 aromatic heterocycles. The van der Waals surface area contributed by atoms with Crippen molar-refractivity contribution in [3.05, 3.63) is 144 Å². The maximum Gasteiger partial charge on any atom is 0.120 e. The van der Waals surface area contributed by atoms with Crippen molar-refractivity contribution in [3.8, 4) is 0 Å². The number of anilines is 2. The summed E-state index contributed by atoms with van der Waals surface area (Å²) in [4.78, 5) is 18.2. The van der Waals surface area contributed by atoms with Crippen LogP contribution in [-0.2, 0) is 4.79 Å². The van der Waals surface area contributed by atoms with E-state index >= 15 is 0 Å². The van der Waals surface area contributed by atoms with Gasteiger partial charge in [-0.05, 0) is 97.3 Å². The summed E-state index contributed by atoms with van der Waals surface area (Å²) >= 11 is 0. The quantitative estimate of drug-likeness (QED) is 0.119. The van der Waals surface area contributed by atoms with E-state index in [0.29, 0.717) is 41.5 Å². The molecule has 7 nitrogen and oxygen atoms in total. The predicted octanol–water partition coefficient (Wildman–Crippen LogP) is 8.54. The topological polar surface area (TPSA) is 86.5 Å². The fourth-order valence-corrected chi connectivity index (χ4v) is 7.67. The Bertz CT molecular complexity index is 1750. The number of nitrogens with zero attached hydrogens (tertiary/aromatic N) is 3. The molecule has 3 N–H and O–H groups in total. The van der Waals surface area contributed by atoms with E-state index in [1.807, 2.05) is 48.5 Å². The van der Waals surface area contributed by atoms with E-state index in [4.69, 9.17) is 10.8 Å². The summed E-state index contributed by atoms with van der Waals surface area (Å²) < 4.78 is 0. The summed E-state index contributed by atoms with van der Waals surface area (Å²) in [5.74, 6) is 0.552. The molecule has 0 saturated carbocycles. The second-order valence-electron chi connectivity index (χ2n) is 13.7. The fraction of sp³-hybridized carbons (Fsp3) is 0.326. The minimum atomic E-state index is 0.138. The molecule has 3 atom stereocenters. The molecule has 0 spiro atoms. The van der Waals surface area contributed by atoms with Crippen LogP contribution in [0.15, 0.2) is 127 Å². The van der Waals surface area contributed by atoms with Crippen molar-refractivity contribution in [1.82, 2.24) is 10.2 Å². The normalized spacial score (nSPS) is 19.6. The molecule has 7 heteroatoms. The Kier molecular flexibility index (Phi) is 11.1. The van der Waals surface area contributed by atoms with Gasteiger partial charge in [0.05, 0.1) is 17.1 Å². The van der Waals surface area contributed by atoms with Crippen molar-refractivity contribution >= 4 is 29.1 Å². The first-order valence-electron chi connectivity index (χ1n) is 18.0. The van der Waals surface area contributed by atoms with Gasteiger partial charge in [0.15, 0.2) is 0 Å². The van der Waals surface area contributed by atoms with Gasteiger partial charge >= 0.3 is 0 Å². The fourth-order valence-electron chi connectivity index (χ4n) is 7.67. The van der Waals surface area contributed by atoms with Crippen LogP contribution in [-0.4, -0.2) is 54.8 Å². The third-order valence-electron chi connectivity index (χ3n) is 10.6. The number of aldehydes is 1. The average molecular weight is 667 g/mol. The predicted molar refractivity (Wildman–Crippen MR) is 207 cm³/mol. The number of carbonyl (C=O) groups excluding carboxylic acids is 1. The van der Waals surface area contributed by atoms with E-state index in [9.17, 15) is 4.79 Å². The van der Waals surface area contributed by atoms with Gasteiger partial charge in [-0.1, -0.05) is 74.2 Å². The van der Waals surface area contributed by atoms with Crippen molar-refractivity contribution in [2.75, 3.05) is 29.9 Å². The molecular weight excluding hydrogens is 617 g/mol. The molecule has 50 heavy (non-hydrogen) atoms. The zero-order chi connectivity index (χ0) is 35.0. The Morgan fingerprint density at radius 3 is 2.32 bits per heavy atom. The van der Waals surface area contributed by atoms with Crippen molar-refractivity contribution in [1.29, 1.82) is 10.8 Å². The van der Waals surface area contributed by atoms with E-state index in [0.717, 1.165) is 68.4 Å². The van der Waals surface area contributed by atoms with Crippen molar-refractivity contribution in [2.24, 2.45) is 0 Å². The zero-order valence-corrected chi connectivity index (χ0v) is 29.4. The lowest BCUT2D eigenvalue weighted by Crippen LogP contribution is -2.45. The van der Waals surface area contributed by atoms with Gasteiger partial charge in [-0.2, -0.15) is 0 Å². The van der Waals surface area contributed by atoms with Gasteiger partial charge < -0.3 is 30.2 Å². The van der Waals surface area contributed by atoms with E-state index in [1.54, 1.807) is 12.2 Å². The highest BCUT2D eigenvalue weighted by atomic mass is 16.1. The van der Waals surface area contributed by atoms with Gasteiger partial charge in [0.25, 0.3) is 0 Å². The molecule has 0 bridgehead atoms. The van der Waals surface area contributed by atoms with Gasteiger partial charge in [0.2, 0.25) is 0 Å². The second-order valence-corrected chi connectivity index (χ2v) is 13.7. The van der Waals surface area contributed by atoms with Crippen LogP contribution in [0.1, 0.15) is 74.0 Å². The summed E-state index contributed by atoms with van der Waals surface area (Å²) in [6, 6.07) is 28.3. The summed E-state index contributed by atoms with van der Waals surface area (Å²) in [5, 5.41) is 20.2. The third kappa shape index (κ3) is 7.83. The van der Waals surface area contributed by atoms with Crippen molar-refractivity contribution < 1.29 is 4.79 Å². The van der Waals surface area contributed by atoms with Gasteiger partial charge in [0, 0.05) is 67.8 Å². The number of allylic oxidation sites excluding steroid dienone is 3. The lowest BCUT2D eigenvalue weighted by Gasteiger charge is -2.41. The molecule has 0 radical (unpaired) electrons. The zero-order valence-electron chi connectivity index (χ0n) is 29.4. The number of carbonyl (C=O) groups is 1. The van der Waals surface area contributed by atoms with Gasteiger partial charge in [-0.15, -0.1) is 0 Å². The average Bonchev–Trinajstić information content (AvgIpc) is 3.78. The molecule has 3 heterocycles. The maximum absolute atomic E-state index is 11.0. The first-order chi connectivity index (χ1) is 24.4. The molecule has 3 aliphatic rings. The smallest absolute Gasteiger partial charge is 0.120 e. The van der Waals surface area contributed by atoms with E-state index < -0.39 is 0 Å². The molecular formula is C43H50N6O. The number of rotatable bonds is 14. The molecule has 3 unspecified atom stereocenters. The van der Waals surface area contributed by atoms with Gasteiger partial charge in [0.1, 0.15) is 6.29 Å². The van der Waals surface area contributed by atoms with E-state index in [1.165, 1.54) is 16.8 Å².